The van der Waals surface area contributed by atoms with Crippen molar-refractivity contribution in [2.75, 3.05) is 9.80 Å². The zero-order valence-corrected chi connectivity index (χ0v) is 30.8. The van der Waals surface area contributed by atoms with Crippen LogP contribution in [-0.2, 0) is 0 Å². The van der Waals surface area contributed by atoms with Gasteiger partial charge in [-0.05, 0) is 112 Å². The van der Waals surface area contributed by atoms with Gasteiger partial charge in [0.2, 0.25) is 0 Å². The first-order valence-corrected chi connectivity index (χ1v) is 18.9. The molecule has 0 aromatic heterocycles. The number of hydrogen-bond donors (Lipinski definition) is 0. The maximum Gasteiger partial charge on any atom is 0.0546 e. The lowest BCUT2D eigenvalue weighted by Gasteiger charge is -2.28. The van der Waals surface area contributed by atoms with E-state index < -0.39 is 0 Å². The van der Waals surface area contributed by atoms with Gasteiger partial charge in [0.25, 0.3) is 0 Å². The second-order valence-corrected chi connectivity index (χ2v) is 13.8. The van der Waals surface area contributed by atoms with Gasteiger partial charge in [-0.15, -0.1) is 0 Å². The Bertz CT molecular complexity index is 2740. The Morgan fingerprint density at radius 1 is 0.382 bits per heavy atom. The van der Waals surface area contributed by atoms with Crippen LogP contribution in [0.1, 0.15) is 12.5 Å². The lowest BCUT2D eigenvalue weighted by Crippen LogP contribution is -2.14. The maximum absolute atomic E-state index is 2.38. The number of rotatable bonds is 9. The summed E-state index contributed by atoms with van der Waals surface area (Å²) in [5.41, 5.74) is 12.7. The molecule has 0 spiro atoms. The maximum atomic E-state index is 2.38. The Balaban J connectivity index is 1.07. The van der Waals surface area contributed by atoms with E-state index in [0.717, 1.165) is 34.1 Å². The van der Waals surface area contributed by atoms with Crippen molar-refractivity contribution >= 4 is 56.1 Å². The quantitative estimate of drug-likeness (QED) is 0.138. The molecule has 0 bridgehead atoms. The predicted molar refractivity (Wildman–Crippen MR) is 236 cm³/mol. The highest BCUT2D eigenvalue weighted by Crippen LogP contribution is 2.42. The Morgan fingerprint density at radius 2 is 0.855 bits per heavy atom. The summed E-state index contributed by atoms with van der Waals surface area (Å²) in [5, 5.41) is 4.97. The summed E-state index contributed by atoms with van der Waals surface area (Å²) in [6.07, 6.45) is 2.29. The second kappa shape index (κ2) is 15.1. The van der Waals surface area contributed by atoms with Crippen LogP contribution >= 0.6 is 0 Å². The van der Waals surface area contributed by atoms with Crippen molar-refractivity contribution in [3.8, 4) is 22.3 Å². The number of hydrogen-bond acceptors (Lipinski definition) is 2. The molecule has 2 heteroatoms. The number of anilines is 5. The van der Waals surface area contributed by atoms with Crippen LogP contribution in [0.15, 0.2) is 224 Å². The Kier molecular flexibility index (Phi) is 9.22. The summed E-state index contributed by atoms with van der Waals surface area (Å²) >= 11 is 0. The molecule has 0 atom stereocenters. The third kappa shape index (κ3) is 6.78. The Morgan fingerprint density at radius 3 is 1.53 bits per heavy atom. The fraction of sp³-hybridized carbons (Fsp3) is 0.0189. The fourth-order valence-electron chi connectivity index (χ4n) is 7.76. The van der Waals surface area contributed by atoms with E-state index in [-0.39, 0.29) is 0 Å². The van der Waals surface area contributed by atoms with Gasteiger partial charge in [0, 0.05) is 33.8 Å². The minimum atomic E-state index is 1.11. The predicted octanol–water partition coefficient (Wildman–Crippen LogP) is 15.0. The van der Waals surface area contributed by atoms with Crippen LogP contribution in [0.4, 0.5) is 28.4 Å². The molecule has 0 N–H and O–H groups in total. The van der Waals surface area contributed by atoms with Crippen molar-refractivity contribution in [1.82, 2.24) is 0 Å². The molecule has 9 rings (SSSR count). The molecule has 0 heterocycles. The standard InChI is InChI=1S/C53H40N2/c1-39(37-43-19-11-13-25-49(43)42-17-5-2-6-18-42)54(45-21-7-3-8-22-45)47-33-29-40(30-34-47)41-31-35-48(36-32-41)55(46-23-9-4-10-24-46)53-38-44-20-12-14-26-50(44)51-27-15-16-28-52(51)53/h2-38H,1H3/b39-37+. The molecule has 0 radical (unpaired) electrons. The lowest BCUT2D eigenvalue weighted by atomic mass is 9.98. The number of para-hydroxylation sites is 2. The molecule has 0 unspecified atom stereocenters. The first-order valence-electron chi connectivity index (χ1n) is 18.9. The first kappa shape index (κ1) is 33.7. The molecule has 9 aromatic rings. The number of nitrogens with zero attached hydrogens (tertiary/aromatic N) is 2. The van der Waals surface area contributed by atoms with Gasteiger partial charge in [-0.25, -0.2) is 0 Å². The molecule has 0 saturated carbocycles. The SMILES string of the molecule is C/C(=C\c1ccccc1-c1ccccc1)N(c1ccccc1)c1ccc(-c2ccc(N(c3ccccc3)c3cc4ccccc4c4ccccc34)cc2)cc1. The van der Waals surface area contributed by atoms with E-state index in [1.165, 1.54) is 49.4 Å². The minimum Gasteiger partial charge on any atom is -0.314 e. The van der Waals surface area contributed by atoms with Crippen molar-refractivity contribution in [2.45, 2.75) is 6.92 Å². The first-order chi connectivity index (χ1) is 27.2. The van der Waals surface area contributed by atoms with E-state index in [0.29, 0.717) is 0 Å². The molecule has 0 aliphatic carbocycles. The Labute approximate surface area is 323 Å². The van der Waals surface area contributed by atoms with E-state index in [4.69, 9.17) is 0 Å². The zero-order chi connectivity index (χ0) is 37.0. The lowest BCUT2D eigenvalue weighted by molar-refractivity contribution is 1.17. The third-order valence-corrected chi connectivity index (χ3v) is 10.4. The van der Waals surface area contributed by atoms with Gasteiger partial charge in [0.05, 0.1) is 5.69 Å². The molecular formula is C53H40N2. The molecule has 0 fully saturated rings. The average Bonchev–Trinajstić information content (AvgIpc) is 3.26. The number of fused-ring (bicyclic) bond motifs is 3. The van der Waals surface area contributed by atoms with Gasteiger partial charge >= 0.3 is 0 Å². The van der Waals surface area contributed by atoms with Crippen LogP contribution < -0.4 is 9.80 Å². The summed E-state index contributed by atoms with van der Waals surface area (Å²) in [4.78, 5) is 4.71. The highest BCUT2D eigenvalue weighted by molar-refractivity contribution is 6.14. The molecule has 9 aromatic carbocycles. The van der Waals surface area contributed by atoms with E-state index >= 15 is 0 Å². The number of allylic oxidation sites excluding steroid dienone is 1. The van der Waals surface area contributed by atoms with Crippen LogP contribution in [0, 0.1) is 0 Å². The fourth-order valence-corrected chi connectivity index (χ4v) is 7.76. The molecule has 0 saturated heterocycles. The van der Waals surface area contributed by atoms with Gasteiger partial charge in [0.15, 0.2) is 0 Å². The zero-order valence-electron chi connectivity index (χ0n) is 30.8. The monoisotopic (exact) mass is 704 g/mol. The Hall–Kier alpha value is -7.16. The normalized spacial score (nSPS) is 11.5. The van der Waals surface area contributed by atoms with Crippen molar-refractivity contribution < 1.29 is 0 Å². The molecule has 0 aliphatic heterocycles. The smallest absolute Gasteiger partial charge is 0.0546 e. The summed E-state index contributed by atoms with van der Waals surface area (Å²) < 4.78 is 0. The van der Waals surface area contributed by atoms with Crippen molar-refractivity contribution in [2.24, 2.45) is 0 Å². The van der Waals surface area contributed by atoms with E-state index in [1.807, 2.05) is 0 Å². The topological polar surface area (TPSA) is 6.48 Å². The van der Waals surface area contributed by atoms with Crippen molar-refractivity contribution in [3.05, 3.63) is 230 Å². The van der Waals surface area contributed by atoms with Crippen LogP contribution in [0.3, 0.4) is 0 Å². The van der Waals surface area contributed by atoms with E-state index in [2.05, 4.69) is 241 Å². The molecule has 2 nitrogen and oxygen atoms in total. The average molecular weight is 705 g/mol. The van der Waals surface area contributed by atoms with Crippen LogP contribution in [-0.4, -0.2) is 0 Å². The van der Waals surface area contributed by atoms with Gasteiger partial charge in [-0.3, -0.25) is 0 Å². The van der Waals surface area contributed by atoms with Gasteiger partial charge in [-0.1, -0.05) is 164 Å². The summed E-state index contributed by atoms with van der Waals surface area (Å²) in [5.74, 6) is 0. The number of benzene rings is 9. The summed E-state index contributed by atoms with van der Waals surface area (Å²) in [7, 11) is 0. The third-order valence-electron chi connectivity index (χ3n) is 10.4. The van der Waals surface area contributed by atoms with Gasteiger partial charge < -0.3 is 9.80 Å². The van der Waals surface area contributed by atoms with E-state index in [1.54, 1.807) is 0 Å². The largest absolute Gasteiger partial charge is 0.314 e. The van der Waals surface area contributed by atoms with Crippen LogP contribution in [0.25, 0.3) is 49.9 Å². The van der Waals surface area contributed by atoms with Crippen molar-refractivity contribution in [3.63, 3.8) is 0 Å². The molecule has 0 aliphatic rings. The molecular weight excluding hydrogens is 665 g/mol. The van der Waals surface area contributed by atoms with Gasteiger partial charge in [0.1, 0.15) is 0 Å². The summed E-state index contributed by atoms with van der Waals surface area (Å²) in [6.45, 7) is 2.19. The van der Waals surface area contributed by atoms with Crippen molar-refractivity contribution in [1.29, 1.82) is 0 Å². The van der Waals surface area contributed by atoms with Crippen LogP contribution in [0.5, 0.6) is 0 Å². The minimum absolute atomic E-state index is 1.11. The second-order valence-electron chi connectivity index (χ2n) is 13.8. The summed E-state index contributed by atoms with van der Waals surface area (Å²) in [6, 6.07) is 78.1. The van der Waals surface area contributed by atoms with Gasteiger partial charge in [-0.2, -0.15) is 0 Å². The molecule has 55 heavy (non-hydrogen) atoms. The highest BCUT2D eigenvalue weighted by Gasteiger charge is 2.18. The molecule has 262 valence electrons. The molecule has 0 amide bonds. The van der Waals surface area contributed by atoms with Crippen LogP contribution in [0.2, 0.25) is 0 Å². The van der Waals surface area contributed by atoms with E-state index in [9.17, 15) is 0 Å². The highest BCUT2D eigenvalue weighted by atomic mass is 15.1.